The zero-order valence-corrected chi connectivity index (χ0v) is 14.3. The Balaban J connectivity index is 2.10. The van der Waals surface area contributed by atoms with Crippen molar-refractivity contribution in [3.05, 3.63) is 39.9 Å². The zero-order valence-electron chi connectivity index (χ0n) is 12.7. The van der Waals surface area contributed by atoms with Crippen molar-refractivity contribution in [3.63, 3.8) is 0 Å². The van der Waals surface area contributed by atoms with Gasteiger partial charge in [-0.25, -0.2) is 0 Å². The summed E-state index contributed by atoms with van der Waals surface area (Å²) in [5.74, 6) is 0. The lowest BCUT2D eigenvalue weighted by molar-refractivity contribution is 0.570. The van der Waals surface area contributed by atoms with Gasteiger partial charge in [0.1, 0.15) is 0 Å². The minimum absolute atomic E-state index is 0.406. The van der Waals surface area contributed by atoms with Crippen LogP contribution in [-0.4, -0.2) is 19.6 Å². The Kier molecular flexibility index (Phi) is 5.67. The van der Waals surface area contributed by atoms with E-state index in [4.69, 9.17) is 0 Å². The number of nitrogens with zero attached hydrogens (tertiary/aromatic N) is 1. The number of rotatable bonds is 5. The molecule has 110 valence electrons. The summed E-state index contributed by atoms with van der Waals surface area (Å²) in [6, 6.07) is 7.16. The molecule has 0 spiro atoms. The van der Waals surface area contributed by atoms with Crippen molar-refractivity contribution < 1.29 is 0 Å². The third-order valence-electron chi connectivity index (χ3n) is 3.95. The molecule has 1 unspecified atom stereocenters. The van der Waals surface area contributed by atoms with Crippen LogP contribution < -0.4 is 10.2 Å². The molecule has 2 nitrogen and oxygen atoms in total. The predicted molar refractivity (Wildman–Crippen MR) is 91.4 cm³/mol. The van der Waals surface area contributed by atoms with Gasteiger partial charge in [0.25, 0.3) is 0 Å². The molecule has 20 heavy (non-hydrogen) atoms. The molecular weight excluding hydrogens is 312 g/mol. The highest BCUT2D eigenvalue weighted by molar-refractivity contribution is 9.10. The lowest BCUT2D eigenvalue weighted by Gasteiger charge is -2.29. The van der Waals surface area contributed by atoms with Gasteiger partial charge in [-0.2, -0.15) is 0 Å². The molecule has 0 saturated carbocycles. The smallest absolute Gasteiger partial charge is 0.0513 e. The van der Waals surface area contributed by atoms with Gasteiger partial charge in [0.2, 0.25) is 0 Å². The van der Waals surface area contributed by atoms with E-state index in [-0.39, 0.29) is 0 Å². The second-order valence-corrected chi connectivity index (χ2v) is 6.49. The fraction of sp³-hybridized carbons (Fsp3) is 0.529. The van der Waals surface area contributed by atoms with Crippen molar-refractivity contribution >= 4 is 21.6 Å². The van der Waals surface area contributed by atoms with Gasteiger partial charge >= 0.3 is 0 Å². The summed E-state index contributed by atoms with van der Waals surface area (Å²) < 4.78 is 1.20. The van der Waals surface area contributed by atoms with E-state index in [1.165, 1.54) is 34.1 Å². The summed E-state index contributed by atoms with van der Waals surface area (Å²) in [5, 5.41) is 3.54. The third-order valence-corrected chi connectivity index (χ3v) is 4.58. The van der Waals surface area contributed by atoms with Crippen LogP contribution >= 0.6 is 15.9 Å². The molecule has 1 N–H and O–H groups in total. The molecule has 0 aromatic heterocycles. The standard InChI is InChI=1S/C17H25BrN2/c1-4-9-19-14(3)15-5-6-17(16(18)12-15)20-10-7-13(2)8-11-20/h5-7,12,14,19H,4,8-11H2,1-3H3. The van der Waals surface area contributed by atoms with Crippen LogP contribution in [0.5, 0.6) is 0 Å². The molecule has 1 aromatic carbocycles. The van der Waals surface area contributed by atoms with Crippen molar-refractivity contribution in [3.8, 4) is 0 Å². The Hall–Kier alpha value is -0.800. The molecule has 2 rings (SSSR count). The largest absolute Gasteiger partial charge is 0.367 e. The molecule has 1 aromatic rings. The average Bonchev–Trinajstić information content (AvgIpc) is 2.46. The lowest BCUT2D eigenvalue weighted by atomic mass is 10.1. The van der Waals surface area contributed by atoms with E-state index in [1.807, 2.05) is 0 Å². The van der Waals surface area contributed by atoms with Gasteiger partial charge in [-0.1, -0.05) is 24.6 Å². The summed E-state index contributed by atoms with van der Waals surface area (Å²) in [6.07, 6.45) is 4.67. The van der Waals surface area contributed by atoms with Crippen LogP contribution in [0, 0.1) is 0 Å². The monoisotopic (exact) mass is 336 g/mol. The highest BCUT2D eigenvalue weighted by Gasteiger charge is 2.14. The van der Waals surface area contributed by atoms with Gasteiger partial charge in [-0.05, 0) is 66.9 Å². The maximum atomic E-state index is 3.74. The molecule has 1 heterocycles. The topological polar surface area (TPSA) is 15.3 Å². The molecule has 0 bridgehead atoms. The van der Waals surface area contributed by atoms with Crippen LogP contribution in [0.25, 0.3) is 0 Å². The van der Waals surface area contributed by atoms with E-state index in [1.54, 1.807) is 0 Å². The molecule has 1 aliphatic rings. The molecule has 0 aliphatic carbocycles. The summed E-state index contributed by atoms with van der Waals surface area (Å²) in [6.45, 7) is 9.85. The number of halogens is 1. The number of nitrogens with one attached hydrogen (secondary N) is 1. The van der Waals surface area contributed by atoms with E-state index in [0.717, 1.165) is 19.6 Å². The highest BCUT2D eigenvalue weighted by Crippen LogP contribution is 2.31. The molecule has 1 atom stereocenters. The Morgan fingerprint density at radius 3 is 2.80 bits per heavy atom. The van der Waals surface area contributed by atoms with Crippen molar-refractivity contribution in [1.29, 1.82) is 0 Å². The second-order valence-electron chi connectivity index (χ2n) is 5.63. The minimum Gasteiger partial charge on any atom is -0.367 e. The van der Waals surface area contributed by atoms with E-state index >= 15 is 0 Å². The van der Waals surface area contributed by atoms with E-state index in [0.29, 0.717) is 6.04 Å². The molecule has 0 radical (unpaired) electrons. The third kappa shape index (κ3) is 3.86. The van der Waals surface area contributed by atoms with Crippen LogP contribution in [0.3, 0.4) is 0 Å². The Labute approximate surface area is 131 Å². The van der Waals surface area contributed by atoms with Crippen molar-refractivity contribution in [2.75, 3.05) is 24.5 Å². The average molecular weight is 337 g/mol. The molecule has 1 aliphatic heterocycles. The first kappa shape index (κ1) is 15.6. The van der Waals surface area contributed by atoms with Crippen molar-refractivity contribution in [2.45, 2.75) is 39.7 Å². The molecule has 0 amide bonds. The minimum atomic E-state index is 0.406. The van der Waals surface area contributed by atoms with E-state index < -0.39 is 0 Å². The maximum Gasteiger partial charge on any atom is 0.0513 e. The quantitative estimate of drug-likeness (QED) is 0.786. The summed E-state index contributed by atoms with van der Waals surface area (Å²) in [5.41, 5.74) is 4.16. The number of hydrogen-bond acceptors (Lipinski definition) is 2. The van der Waals surface area contributed by atoms with Crippen LogP contribution in [0.15, 0.2) is 34.3 Å². The zero-order chi connectivity index (χ0) is 14.5. The predicted octanol–water partition coefficient (Wildman–Crippen LogP) is 4.67. The van der Waals surface area contributed by atoms with Gasteiger partial charge in [0.15, 0.2) is 0 Å². The Morgan fingerprint density at radius 1 is 1.40 bits per heavy atom. The van der Waals surface area contributed by atoms with E-state index in [9.17, 15) is 0 Å². The normalized spacial score (nSPS) is 17.0. The fourth-order valence-corrected chi connectivity index (χ4v) is 3.16. The Morgan fingerprint density at radius 2 is 2.20 bits per heavy atom. The maximum absolute atomic E-state index is 3.74. The van der Waals surface area contributed by atoms with Crippen LogP contribution in [-0.2, 0) is 0 Å². The van der Waals surface area contributed by atoms with Crippen LogP contribution in [0.2, 0.25) is 0 Å². The lowest BCUT2D eigenvalue weighted by Crippen LogP contribution is -2.28. The summed E-state index contributed by atoms with van der Waals surface area (Å²) >= 11 is 3.74. The first-order valence-electron chi connectivity index (χ1n) is 7.55. The second kappa shape index (κ2) is 7.28. The highest BCUT2D eigenvalue weighted by atomic mass is 79.9. The summed E-state index contributed by atoms with van der Waals surface area (Å²) in [7, 11) is 0. The van der Waals surface area contributed by atoms with Crippen LogP contribution in [0.4, 0.5) is 5.69 Å². The van der Waals surface area contributed by atoms with Crippen molar-refractivity contribution in [1.82, 2.24) is 5.32 Å². The van der Waals surface area contributed by atoms with Gasteiger partial charge in [-0.3, -0.25) is 0 Å². The molecule has 0 saturated heterocycles. The molecule has 0 fully saturated rings. The number of anilines is 1. The van der Waals surface area contributed by atoms with Gasteiger partial charge in [0, 0.05) is 23.6 Å². The van der Waals surface area contributed by atoms with E-state index in [2.05, 4.69) is 71.2 Å². The first-order chi connectivity index (χ1) is 9.61. The number of benzene rings is 1. The summed E-state index contributed by atoms with van der Waals surface area (Å²) in [4.78, 5) is 2.44. The van der Waals surface area contributed by atoms with Gasteiger partial charge in [0.05, 0.1) is 5.69 Å². The van der Waals surface area contributed by atoms with Crippen LogP contribution in [0.1, 0.15) is 45.2 Å². The number of hydrogen-bond donors (Lipinski definition) is 1. The SMILES string of the molecule is CCCNC(C)c1ccc(N2CC=C(C)CC2)c(Br)c1. The van der Waals surface area contributed by atoms with Gasteiger partial charge in [-0.15, -0.1) is 0 Å². The fourth-order valence-electron chi connectivity index (χ4n) is 2.52. The molecule has 3 heteroatoms. The Bertz CT molecular complexity index is 482. The first-order valence-corrected chi connectivity index (χ1v) is 8.34. The van der Waals surface area contributed by atoms with Crippen molar-refractivity contribution in [2.24, 2.45) is 0 Å². The molecular formula is C17H25BrN2. The van der Waals surface area contributed by atoms with Gasteiger partial charge < -0.3 is 10.2 Å².